The van der Waals surface area contributed by atoms with Gasteiger partial charge in [-0.25, -0.2) is 4.39 Å². The van der Waals surface area contributed by atoms with Gasteiger partial charge in [0, 0.05) is 13.0 Å². The van der Waals surface area contributed by atoms with Gasteiger partial charge in [-0.1, -0.05) is 18.0 Å². The van der Waals surface area contributed by atoms with Crippen LogP contribution in [0, 0.1) is 5.82 Å². The van der Waals surface area contributed by atoms with Gasteiger partial charge >= 0.3 is 5.97 Å². The third kappa shape index (κ3) is 3.21. The van der Waals surface area contributed by atoms with Crippen LogP contribution in [0.2, 0.25) is 5.02 Å². The number of carboxylic acid groups (broad SMARTS) is 1. The molecule has 1 aromatic carbocycles. The van der Waals surface area contributed by atoms with Crippen LogP contribution in [0.25, 0.3) is 0 Å². The molecule has 0 saturated heterocycles. The minimum absolute atomic E-state index is 0.0632. The van der Waals surface area contributed by atoms with E-state index in [1.165, 1.54) is 4.90 Å². The number of Topliss-reactive ketones (excluding diaryl/α,β-unsaturated/α-hetero) is 1. The van der Waals surface area contributed by atoms with Gasteiger partial charge in [-0.2, -0.15) is 0 Å². The number of ketones is 1. The summed E-state index contributed by atoms with van der Waals surface area (Å²) in [5.41, 5.74) is 0.335. The van der Waals surface area contributed by atoms with Crippen molar-refractivity contribution in [3.8, 4) is 0 Å². The maximum atomic E-state index is 13.5. The van der Waals surface area contributed by atoms with Gasteiger partial charge in [-0.05, 0) is 25.0 Å². The third-order valence-corrected chi connectivity index (χ3v) is 3.58. The summed E-state index contributed by atoms with van der Waals surface area (Å²) in [6, 6.07) is 2.24. The molecule has 2 rings (SSSR count). The highest BCUT2D eigenvalue weighted by Crippen LogP contribution is 2.33. The third-order valence-electron chi connectivity index (χ3n) is 3.29. The Morgan fingerprint density at radius 1 is 1.24 bits per heavy atom. The van der Waals surface area contributed by atoms with Crippen molar-refractivity contribution in [3.63, 3.8) is 0 Å². The summed E-state index contributed by atoms with van der Waals surface area (Å²) >= 11 is 5.62. The second-order valence-electron chi connectivity index (χ2n) is 4.77. The zero-order valence-corrected chi connectivity index (χ0v) is 11.8. The first-order chi connectivity index (χ1) is 9.91. The molecule has 1 amide bonds. The highest BCUT2D eigenvalue weighted by Gasteiger charge is 2.36. The lowest BCUT2D eigenvalue weighted by Gasteiger charge is -2.16. The number of unbranched alkanes of at least 4 members (excludes halogenated alkanes) is 2. The van der Waals surface area contributed by atoms with E-state index in [2.05, 4.69) is 0 Å². The molecule has 0 unspecified atom stereocenters. The van der Waals surface area contributed by atoms with E-state index in [1.54, 1.807) is 0 Å². The summed E-state index contributed by atoms with van der Waals surface area (Å²) < 4.78 is 13.5. The predicted molar refractivity (Wildman–Crippen MR) is 74.2 cm³/mol. The topological polar surface area (TPSA) is 74.7 Å². The summed E-state index contributed by atoms with van der Waals surface area (Å²) in [7, 11) is 0. The second-order valence-corrected chi connectivity index (χ2v) is 5.18. The Hall–Kier alpha value is -1.95. The molecular formula is C14H13ClFNO4. The average Bonchev–Trinajstić information content (AvgIpc) is 2.64. The van der Waals surface area contributed by atoms with Crippen LogP contribution in [-0.4, -0.2) is 29.3 Å². The van der Waals surface area contributed by atoms with E-state index in [-0.39, 0.29) is 29.2 Å². The van der Waals surface area contributed by atoms with Gasteiger partial charge in [-0.3, -0.25) is 14.4 Å². The van der Waals surface area contributed by atoms with Crippen molar-refractivity contribution in [3.05, 3.63) is 28.5 Å². The lowest BCUT2D eigenvalue weighted by atomic mass is 10.1. The number of benzene rings is 1. The number of anilines is 1. The molecule has 1 aliphatic heterocycles. The molecule has 0 atom stereocenters. The fourth-order valence-corrected chi connectivity index (χ4v) is 2.40. The molecule has 0 aliphatic carbocycles. The zero-order valence-electron chi connectivity index (χ0n) is 11.1. The lowest BCUT2D eigenvalue weighted by molar-refractivity contribution is -0.137. The minimum atomic E-state index is -0.871. The average molecular weight is 314 g/mol. The fraction of sp³-hybridized carbons (Fsp3) is 0.357. The largest absolute Gasteiger partial charge is 0.481 e. The van der Waals surface area contributed by atoms with Crippen LogP contribution in [0.5, 0.6) is 0 Å². The van der Waals surface area contributed by atoms with E-state index in [1.807, 2.05) is 0 Å². The summed E-state index contributed by atoms with van der Waals surface area (Å²) in [6.45, 7) is 0.248. The lowest BCUT2D eigenvalue weighted by Crippen LogP contribution is -2.30. The van der Waals surface area contributed by atoms with Crippen LogP contribution in [0.3, 0.4) is 0 Å². The SMILES string of the molecule is O=C(O)CCCCCN1C(=O)C(=O)c2cc(Cl)c(F)cc21. The molecule has 7 heteroatoms. The maximum absolute atomic E-state index is 13.5. The Bertz CT molecular complexity index is 617. The van der Waals surface area contributed by atoms with Crippen LogP contribution in [-0.2, 0) is 9.59 Å². The molecule has 0 fully saturated rings. The van der Waals surface area contributed by atoms with Crippen molar-refractivity contribution in [2.45, 2.75) is 25.7 Å². The standard InChI is InChI=1S/C14H13ClFNO4/c15-9-6-8-11(7-10(9)16)17(14(21)13(8)20)5-3-1-2-4-12(18)19/h6-7H,1-5H2,(H,18,19). The van der Waals surface area contributed by atoms with Crippen LogP contribution in [0.1, 0.15) is 36.0 Å². The van der Waals surface area contributed by atoms with Crippen LogP contribution < -0.4 is 4.90 Å². The molecule has 0 spiro atoms. The molecule has 0 saturated carbocycles. The van der Waals surface area contributed by atoms with E-state index in [9.17, 15) is 18.8 Å². The van der Waals surface area contributed by atoms with Gasteiger partial charge in [-0.15, -0.1) is 0 Å². The van der Waals surface area contributed by atoms with Crippen molar-refractivity contribution in [2.75, 3.05) is 11.4 Å². The minimum Gasteiger partial charge on any atom is -0.481 e. The van der Waals surface area contributed by atoms with E-state index in [0.717, 1.165) is 12.1 Å². The number of aliphatic carboxylic acids is 1. The maximum Gasteiger partial charge on any atom is 0.303 e. The Morgan fingerprint density at radius 3 is 2.62 bits per heavy atom. The quantitative estimate of drug-likeness (QED) is 0.647. The van der Waals surface area contributed by atoms with Crippen molar-refractivity contribution < 1.29 is 23.9 Å². The highest BCUT2D eigenvalue weighted by molar-refractivity contribution is 6.52. The Kier molecular flexibility index (Phi) is 4.57. The molecule has 0 aromatic heterocycles. The molecule has 0 radical (unpaired) electrons. The van der Waals surface area contributed by atoms with Gasteiger partial charge in [0.05, 0.1) is 16.3 Å². The summed E-state index contributed by atoms with van der Waals surface area (Å²) in [4.78, 5) is 35.3. The molecule has 1 N–H and O–H groups in total. The van der Waals surface area contributed by atoms with Crippen molar-refractivity contribution in [1.29, 1.82) is 0 Å². The molecule has 1 aliphatic rings. The number of amides is 1. The number of carbonyl (C=O) groups is 3. The number of halogens is 2. The summed E-state index contributed by atoms with van der Waals surface area (Å²) in [6.07, 6.45) is 1.70. The van der Waals surface area contributed by atoms with Gasteiger partial charge in [0.15, 0.2) is 0 Å². The van der Waals surface area contributed by atoms with Gasteiger partial charge in [0.25, 0.3) is 11.7 Å². The smallest absolute Gasteiger partial charge is 0.303 e. The number of carbonyl (C=O) groups excluding carboxylic acids is 2. The van der Waals surface area contributed by atoms with Crippen LogP contribution in [0.15, 0.2) is 12.1 Å². The van der Waals surface area contributed by atoms with Gasteiger partial charge < -0.3 is 10.0 Å². The number of hydrogen-bond donors (Lipinski definition) is 1. The number of nitrogens with zero attached hydrogens (tertiary/aromatic N) is 1. The monoisotopic (exact) mass is 313 g/mol. The van der Waals surface area contributed by atoms with E-state index in [0.29, 0.717) is 19.3 Å². The van der Waals surface area contributed by atoms with Crippen LogP contribution in [0.4, 0.5) is 10.1 Å². The molecule has 1 aromatic rings. The predicted octanol–water partition coefficient (Wildman–Crippen LogP) is 2.65. The molecule has 5 nitrogen and oxygen atoms in total. The molecule has 1 heterocycles. The van der Waals surface area contributed by atoms with E-state index in [4.69, 9.17) is 16.7 Å². The number of rotatable bonds is 6. The fourth-order valence-electron chi connectivity index (χ4n) is 2.23. The molecule has 0 bridgehead atoms. The normalized spacial score (nSPS) is 13.7. The second kappa shape index (κ2) is 6.22. The first-order valence-electron chi connectivity index (χ1n) is 6.49. The highest BCUT2D eigenvalue weighted by atomic mass is 35.5. The first-order valence-corrected chi connectivity index (χ1v) is 6.86. The van der Waals surface area contributed by atoms with Gasteiger partial charge in [0.2, 0.25) is 0 Å². The molecule has 112 valence electrons. The number of hydrogen-bond acceptors (Lipinski definition) is 3. The van der Waals surface area contributed by atoms with Crippen molar-refractivity contribution in [1.82, 2.24) is 0 Å². The van der Waals surface area contributed by atoms with E-state index >= 15 is 0 Å². The Labute approximate surface area is 125 Å². The Morgan fingerprint density at radius 2 is 1.95 bits per heavy atom. The van der Waals surface area contributed by atoms with Gasteiger partial charge in [0.1, 0.15) is 5.82 Å². The number of carboxylic acids is 1. The Balaban J connectivity index is 2.05. The van der Waals surface area contributed by atoms with Crippen molar-refractivity contribution >= 4 is 34.9 Å². The van der Waals surface area contributed by atoms with E-state index < -0.39 is 23.5 Å². The summed E-state index contributed by atoms with van der Waals surface area (Å²) in [5, 5.41) is 8.33. The molecular weight excluding hydrogens is 301 g/mol. The van der Waals surface area contributed by atoms with Crippen LogP contribution >= 0.6 is 11.6 Å². The van der Waals surface area contributed by atoms with Crippen molar-refractivity contribution in [2.24, 2.45) is 0 Å². The molecule has 21 heavy (non-hydrogen) atoms. The summed E-state index contributed by atoms with van der Waals surface area (Å²) in [5.74, 6) is -2.96. The number of fused-ring (bicyclic) bond motifs is 1. The first kappa shape index (κ1) is 15.4. The zero-order chi connectivity index (χ0) is 15.6.